The highest BCUT2D eigenvalue weighted by molar-refractivity contribution is 5.91. The van der Waals surface area contributed by atoms with Crippen LogP contribution in [0.25, 0.3) is 11.1 Å². The lowest BCUT2D eigenvalue weighted by atomic mass is 9.99. The Labute approximate surface area is 204 Å². The van der Waals surface area contributed by atoms with Crippen LogP contribution in [-0.4, -0.2) is 30.1 Å². The number of methoxy groups -OCH3 is 1. The Morgan fingerprint density at radius 3 is 2.77 bits per heavy atom. The number of fused-ring (bicyclic) bond motifs is 4. The average molecular weight is 472 g/mol. The number of carbonyl (C=O) groups excluding carboxylic acids is 2. The van der Waals surface area contributed by atoms with Gasteiger partial charge in [-0.2, -0.15) is 0 Å². The molecule has 1 aliphatic heterocycles. The van der Waals surface area contributed by atoms with Crippen LogP contribution >= 0.6 is 0 Å². The predicted octanol–water partition coefficient (Wildman–Crippen LogP) is 4.37. The van der Waals surface area contributed by atoms with Crippen LogP contribution in [0.4, 0.5) is 16.2 Å². The minimum Gasteiger partial charge on any atom is -0.453 e. The molecule has 1 aromatic heterocycles. The smallest absolute Gasteiger partial charge is 0.411 e. The van der Waals surface area contributed by atoms with Crippen molar-refractivity contribution in [3.63, 3.8) is 0 Å². The van der Waals surface area contributed by atoms with Gasteiger partial charge in [-0.3, -0.25) is 15.1 Å². The van der Waals surface area contributed by atoms with Crippen molar-refractivity contribution in [2.75, 3.05) is 17.7 Å². The molecule has 8 nitrogen and oxygen atoms in total. The van der Waals surface area contributed by atoms with Gasteiger partial charge in [-0.1, -0.05) is 48.6 Å². The molecule has 35 heavy (non-hydrogen) atoms. The second-order valence-corrected chi connectivity index (χ2v) is 8.28. The summed E-state index contributed by atoms with van der Waals surface area (Å²) in [4.78, 5) is 29.4. The SMILES string of the molecule is COC(=O)Nc1ccc2c(c1)N[C@@H](C(=O)NCc1ccccc1)CC/C=C/[C@H](N)c1cc-2ccn1. The molecule has 0 fully saturated rings. The van der Waals surface area contributed by atoms with Crippen molar-refractivity contribution < 1.29 is 14.3 Å². The van der Waals surface area contributed by atoms with E-state index in [0.717, 1.165) is 22.4 Å². The summed E-state index contributed by atoms with van der Waals surface area (Å²) in [6.07, 6.45) is 6.25. The number of hydrogen-bond acceptors (Lipinski definition) is 6. The monoisotopic (exact) mass is 471 g/mol. The maximum absolute atomic E-state index is 13.2. The second-order valence-electron chi connectivity index (χ2n) is 8.28. The number of pyridine rings is 1. The standard InChI is InChI=1S/C27H29N5O3/c1-35-27(34)31-20-11-12-21-19-13-14-29-25(15-19)22(28)9-5-6-10-23(32-24(21)16-20)26(33)30-17-18-7-3-2-4-8-18/h2-5,7-9,11-16,22-23,32H,6,10,17,28H2,1H3,(H,30,33)(H,31,34)/b9-5+/t22-,23+/m0/s1. The van der Waals surface area contributed by atoms with E-state index in [4.69, 9.17) is 10.5 Å². The molecule has 2 aromatic carbocycles. The highest BCUT2D eigenvalue weighted by Gasteiger charge is 2.21. The summed E-state index contributed by atoms with van der Waals surface area (Å²) in [5, 5.41) is 9.13. The molecule has 2 heterocycles. The maximum Gasteiger partial charge on any atom is 0.411 e. The molecular formula is C27H29N5O3. The van der Waals surface area contributed by atoms with Crippen LogP contribution in [0.5, 0.6) is 0 Å². The van der Waals surface area contributed by atoms with E-state index in [9.17, 15) is 9.59 Å². The minimum atomic E-state index is -0.572. The van der Waals surface area contributed by atoms with Gasteiger partial charge in [0.2, 0.25) is 5.91 Å². The van der Waals surface area contributed by atoms with Gasteiger partial charge in [-0.25, -0.2) is 4.79 Å². The van der Waals surface area contributed by atoms with E-state index >= 15 is 0 Å². The van der Waals surface area contributed by atoms with Crippen LogP contribution in [0, 0.1) is 0 Å². The van der Waals surface area contributed by atoms with Crippen molar-refractivity contribution in [1.82, 2.24) is 10.3 Å². The third-order valence-corrected chi connectivity index (χ3v) is 5.81. The third-order valence-electron chi connectivity index (χ3n) is 5.81. The molecule has 2 bridgehead atoms. The van der Waals surface area contributed by atoms with Gasteiger partial charge in [-0.15, -0.1) is 0 Å². The van der Waals surface area contributed by atoms with Crippen LogP contribution in [-0.2, 0) is 16.1 Å². The number of nitrogens with one attached hydrogen (secondary N) is 3. The van der Waals surface area contributed by atoms with Gasteiger partial charge in [0.1, 0.15) is 6.04 Å². The molecule has 5 N–H and O–H groups in total. The maximum atomic E-state index is 13.2. The minimum absolute atomic E-state index is 0.115. The van der Waals surface area contributed by atoms with E-state index in [-0.39, 0.29) is 11.9 Å². The summed E-state index contributed by atoms with van der Waals surface area (Å²) in [5.41, 5.74) is 11.1. The predicted molar refractivity (Wildman–Crippen MR) is 137 cm³/mol. The highest BCUT2D eigenvalue weighted by atomic mass is 16.5. The number of aromatic nitrogens is 1. The topological polar surface area (TPSA) is 118 Å². The fraction of sp³-hybridized carbons (Fsp3) is 0.222. The lowest BCUT2D eigenvalue weighted by Gasteiger charge is -2.23. The highest BCUT2D eigenvalue weighted by Crippen LogP contribution is 2.33. The number of nitrogens with zero attached hydrogens (tertiary/aromatic N) is 1. The number of hydrogen-bond donors (Lipinski definition) is 4. The molecule has 0 saturated heterocycles. The van der Waals surface area contributed by atoms with Gasteiger partial charge in [0.25, 0.3) is 0 Å². The third kappa shape index (κ3) is 6.24. The number of benzene rings is 2. The molecule has 8 heteroatoms. The first kappa shape index (κ1) is 24.0. The molecule has 3 aromatic rings. The first-order valence-corrected chi connectivity index (χ1v) is 11.5. The summed E-state index contributed by atoms with van der Waals surface area (Å²) < 4.78 is 4.73. The number of carbonyl (C=O) groups is 2. The summed E-state index contributed by atoms with van der Waals surface area (Å²) in [6, 6.07) is 18.2. The Hall–Kier alpha value is -4.17. The number of nitrogens with two attached hydrogens (primary N) is 1. The van der Waals surface area contributed by atoms with Gasteiger partial charge >= 0.3 is 6.09 Å². The first-order chi connectivity index (χ1) is 17.0. The molecule has 4 rings (SSSR count). The second kappa shape index (κ2) is 11.3. The van der Waals surface area contributed by atoms with E-state index in [1.165, 1.54) is 7.11 Å². The number of anilines is 2. The lowest BCUT2D eigenvalue weighted by Crippen LogP contribution is -2.39. The number of ether oxygens (including phenoxy) is 1. The summed E-state index contributed by atoms with van der Waals surface area (Å²) in [5.74, 6) is -0.115. The molecular weight excluding hydrogens is 442 g/mol. The zero-order chi connectivity index (χ0) is 24.6. The molecule has 2 atom stereocenters. The van der Waals surface area contributed by atoms with Crippen LogP contribution in [0.3, 0.4) is 0 Å². The van der Waals surface area contributed by atoms with Crippen LogP contribution in [0.1, 0.15) is 30.1 Å². The van der Waals surface area contributed by atoms with E-state index in [1.54, 1.807) is 18.3 Å². The van der Waals surface area contributed by atoms with Gasteiger partial charge in [0, 0.05) is 29.7 Å². The molecule has 180 valence electrons. The Morgan fingerprint density at radius 1 is 1.14 bits per heavy atom. The Kier molecular flexibility index (Phi) is 7.74. The fourth-order valence-corrected chi connectivity index (χ4v) is 3.93. The summed E-state index contributed by atoms with van der Waals surface area (Å²) in [6.45, 7) is 0.434. The molecule has 0 saturated carbocycles. The molecule has 0 radical (unpaired) electrons. The summed E-state index contributed by atoms with van der Waals surface area (Å²) in [7, 11) is 1.31. The van der Waals surface area contributed by atoms with Crippen molar-refractivity contribution in [1.29, 1.82) is 0 Å². The van der Waals surface area contributed by atoms with Gasteiger partial charge in [0.05, 0.1) is 18.8 Å². The fourth-order valence-electron chi connectivity index (χ4n) is 3.93. The quantitative estimate of drug-likeness (QED) is 0.420. The zero-order valence-electron chi connectivity index (χ0n) is 19.5. The van der Waals surface area contributed by atoms with E-state index in [1.807, 2.05) is 60.7 Å². The van der Waals surface area contributed by atoms with Crippen molar-refractivity contribution >= 4 is 23.4 Å². The molecule has 0 spiro atoms. The van der Waals surface area contributed by atoms with E-state index < -0.39 is 12.1 Å². The zero-order valence-corrected chi connectivity index (χ0v) is 19.5. The Bertz CT molecular complexity index is 1210. The Balaban J connectivity index is 1.68. The van der Waals surface area contributed by atoms with E-state index in [2.05, 4.69) is 20.9 Å². The number of allylic oxidation sites excluding steroid dienone is 1. The molecule has 0 aliphatic carbocycles. The largest absolute Gasteiger partial charge is 0.453 e. The van der Waals surface area contributed by atoms with Crippen molar-refractivity contribution in [2.45, 2.75) is 31.5 Å². The first-order valence-electron chi connectivity index (χ1n) is 11.5. The van der Waals surface area contributed by atoms with Gasteiger partial charge in [-0.05, 0) is 48.2 Å². The van der Waals surface area contributed by atoms with Crippen molar-refractivity contribution in [3.8, 4) is 11.1 Å². The van der Waals surface area contributed by atoms with Crippen LogP contribution in [0.2, 0.25) is 0 Å². The Morgan fingerprint density at radius 2 is 1.97 bits per heavy atom. The van der Waals surface area contributed by atoms with Crippen LogP contribution in [0.15, 0.2) is 79.0 Å². The van der Waals surface area contributed by atoms with Crippen LogP contribution < -0.4 is 21.7 Å². The lowest BCUT2D eigenvalue weighted by molar-refractivity contribution is -0.122. The van der Waals surface area contributed by atoms with Gasteiger partial charge in [0.15, 0.2) is 0 Å². The average Bonchev–Trinajstić information content (AvgIpc) is 2.89. The molecule has 2 amide bonds. The summed E-state index contributed by atoms with van der Waals surface area (Å²) >= 11 is 0. The van der Waals surface area contributed by atoms with E-state index in [0.29, 0.717) is 30.8 Å². The van der Waals surface area contributed by atoms with Gasteiger partial charge < -0.3 is 21.1 Å². The molecule has 1 aliphatic rings. The van der Waals surface area contributed by atoms with Crippen molar-refractivity contribution in [3.05, 3.63) is 90.3 Å². The normalized spacial score (nSPS) is 18.0. The van der Waals surface area contributed by atoms with Crippen molar-refractivity contribution in [2.24, 2.45) is 5.73 Å². The molecule has 0 unspecified atom stereocenters. The number of rotatable bonds is 4. The number of amides is 2.